The summed E-state index contributed by atoms with van der Waals surface area (Å²) in [7, 11) is 0. The van der Waals surface area contributed by atoms with Gasteiger partial charge in [0.05, 0.1) is 16.8 Å². The first-order chi connectivity index (χ1) is 11.3. The number of anilines is 2. The highest BCUT2D eigenvalue weighted by molar-refractivity contribution is 5.66. The minimum atomic E-state index is 0.484. The number of rotatable bonds is 4. The maximum Gasteiger partial charge on any atom is 0.128 e. The summed E-state index contributed by atoms with van der Waals surface area (Å²) in [6.07, 6.45) is 4.24. The van der Waals surface area contributed by atoms with Crippen LogP contribution >= 0.6 is 0 Å². The molecule has 5 heteroatoms. The van der Waals surface area contributed by atoms with Gasteiger partial charge in [-0.3, -0.25) is 0 Å². The van der Waals surface area contributed by atoms with Crippen LogP contribution < -0.4 is 10.2 Å². The van der Waals surface area contributed by atoms with Crippen molar-refractivity contribution < 1.29 is 0 Å². The van der Waals surface area contributed by atoms with Gasteiger partial charge in [0, 0.05) is 25.8 Å². The summed E-state index contributed by atoms with van der Waals surface area (Å²) in [6, 6.07) is 13.4. The summed E-state index contributed by atoms with van der Waals surface area (Å²) < 4.78 is 0. The summed E-state index contributed by atoms with van der Waals surface area (Å²) in [5.74, 6) is 0.996. The van der Waals surface area contributed by atoms with Crippen molar-refractivity contribution in [3.8, 4) is 12.1 Å². The van der Waals surface area contributed by atoms with Gasteiger partial charge < -0.3 is 10.2 Å². The molecular formula is C18H17N5. The van der Waals surface area contributed by atoms with E-state index in [1.165, 1.54) is 12.8 Å². The van der Waals surface area contributed by atoms with Crippen LogP contribution in [0.5, 0.6) is 0 Å². The average molecular weight is 303 g/mol. The van der Waals surface area contributed by atoms with E-state index in [1.54, 1.807) is 18.2 Å². The second-order valence-corrected chi connectivity index (χ2v) is 5.52. The Morgan fingerprint density at radius 2 is 1.78 bits per heavy atom. The molecule has 114 valence electrons. The van der Waals surface area contributed by atoms with Gasteiger partial charge in [0.2, 0.25) is 0 Å². The van der Waals surface area contributed by atoms with Crippen LogP contribution in [-0.2, 0) is 6.54 Å². The maximum atomic E-state index is 9.21. The molecule has 2 heterocycles. The van der Waals surface area contributed by atoms with Crippen LogP contribution in [0.25, 0.3) is 0 Å². The van der Waals surface area contributed by atoms with E-state index < -0.39 is 0 Å². The first kappa shape index (κ1) is 14.9. The lowest BCUT2D eigenvalue weighted by Gasteiger charge is -2.17. The van der Waals surface area contributed by atoms with Gasteiger partial charge in [0.25, 0.3) is 0 Å². The van der Waals surface area contributed by atoms with Gasteiger partial charge in [0.15, 0.2) is 0 Å². The summed E-state index contributed by atoms with van der Waals surface area (Å²) in [5, 5.41) is 21.6. The molecular weight excluding hydrogens is 286 g/mol. The first-order valence-corrected chi connectivity index (χ1v) is 7.69. The smallest absolute Gasteiger partial charge is 0.128 e. The van der Waals surface area contributed by atoms with Crippen molar-refractivity contribution in [1.82, 2.24) is 4.98 Å². The van der Waals surface area contributed by atoms with E-state index in [1.807, 2.05) is 12.3 Å². The molecule has 0 atom stereocenters. The van der Waals surface area contributed by atoms with Gasteiger partial charge in [-0.2, -0.15) is 10.5 Å². The predicted molar refractivity (Wildman–Crippen MR) is 88.9 cm³/mol. The Morgan fingerprint density at radius 3 is 2.43 bits per heavy atom. The third-order valence-corrected chi connectivity index (χ3v) is 4.01. The van der Waals surface area contributed by atoms with Crippen molar-refractivity contribution in [1.29, 1.82) is 10.5 Å². The fourth-order valence-corrected chi connectivity index (χ4v) is 2.81. The number of nitrogens with one attached hydrogen (secondary N) is 1. The molecule has 1 aliphatic heterocycles. The SMILES string of the molecule is N#Cc1cccc(C#N)c1NCc1ccnc(N2CCCC2)c1. The highest BCUT2D eigenvalue weighted by atomic mass is 15.2. The Hall–Kier alpha value is -3.05. The van der Waals surface area contributed by atoms with E-state index in [-0.39, 0.29) is 0 Å². The number of pyridine rings is 1. The zero-order valence-corrected chi connectivity index (χ0v) is 12.8. The number of nitriles is 2. The molecule has 3 rings (SSSR count). The predicted octanol–water partition coefficient (Wildman–Crippen LogP) is 3.04. The topological polar surface area (TPSA) is 75.7 Å². The second-order valence-electron chi connectivity index (χ2n) is 5.52. The third-order valence-electron chi connectivity index (χ3n) is 4.01. The molecule has 1 fully saturated rings. The van der Waals surface area contributed by atoms with Crippen molar-refractivity contribution in [2.24, 2.45) is 0 Å². The maximum absolute atomic E-state index is 9.21. The summed E-state index contributed by atoms with van der Waals surface area (Å²) >= 11 is 0. The van der Waals surface area contributed by atoms with E-state index in [4.69, 9.17) is 0 Å². The molecule has 0 saturated carbocycles. The van der Waals surface area contributed by atoms with E-state index >= 15 is 0 Å². The van der Waals surface area contributed by atoms with Gasteiger partial charge in [-0.25, -0.2) is 4.98 Å². The van der Waals surface area contributed by atoms with Gasteiger partial charge in [0.1, 0.15) is 18.0 Å². The number of hydrogen-bond acceptors (Lipinski definition) is 5. The Bertz CT molecular complexity index is 746. The Kier molecular flexibility index (Phi) is 4.40. The van der Waals surface area contributed by atoms with E-state index in [2.05, 4.69) is 33.4 Å². The monoisotopic (exact) mass is 303 g/mol. The quantitative estimate of drug-likeness (QED) is 0.939. The van der Waals surface area contributed by atoms with Crippen LogP contribution in [0.3, 0.4) is 0 Å². The Labute approximate surface area is 135 Å². The van der Waals surface area contributed by atoms with Crippen LogP contribution in [0.15, 0.2) is 36.5 Å². The van der Waals surface area contributed by atoms with E-state index in [9.17, 15) is 10.5 Å². The molecule has 0 aliphatic carbocycles. The van der Waals surface area contributed by atoms with Gasteiger partial charge >= 0.3 is 0 Å². The lowest BCUT2D eigenvalue weighted by atomic mass is 10.1. The fourth-order valence-electron chi connectivity index (χ4n) is 2.81. The average Bonchev–Trinajstić information content (AvgIpc) is 3.14. The van der Waals surface area contributed by atoms with Crippen LogP contribution in [-0.4, -0.2) is 18.1 Å². The van der Waals surface area contributed by atoms with Gasteiger partial charge in [-0.05, 0) is 42.7 Å². The van der Waals surface area contributed by atoms with E-state index in [0.717, 1.165) is 24.5 Å². The Balaban J connectivity index is 1.78. The zero-order valence-electron chi connectivity index (χ0n) is 12.8. The molecule has 0 radical (unpaired) electrons. The molecule has 23 heavy (non-hydrogen) atoms. The number of hydrogen-bond donors (Lipinski definition) is 1. The molecule has 0 unspecified atom stereocenters. The standard InChI is InChI=1S/C18H17N5/c19-11-15-4-3-5-16(12-20)18(15)22-13-14-6-7-21-17(10-14)23-8-1-2-9-23/h3-7,10,22H,1-2,8-9,13H2. The molecule has 1 N–H and O–H groups in total. The minimum absolute atomic E-state index is 0.484. The molecule has 2 aromatic rings. The highest BCUT2D eigenvalue weighted by Crippen LogP contribution is 2.22. The first-order valence-electron chi connectivity index (χ1n) is 7.69. The molecule has 0 bridgehead atoms. The molecule has 1 aromatic heterocycles. The van der Waals surface area contributed by atoms with Crippen LogP contribution in [0, 0.1) is 22.7 Å². The molecule has 1 saturated heterocycles. The molecule has 0 amide bonds. The van der Waals surface area contributed by atoms with Crippen molar-refractivity contribution in [3.05, 3.63) is 53.2 Å². The largest absolute Gasteiger partial charge is 0.379 e. The summed E-state index contributed by atoms with van der Waals surface area (Å²) in [5.41, 5.74) is 2.64. The Morgan fingerprint density at radius 1 is 1.09 bits per heavy atom. The molecule has 1 aromatic carbocycles. The van der Waals surface area contributed by atoms with Crippen molar-refractivity contribution in [3.63, 3.8) is 0 Å². The van der Waals surface area contributed by atoms with Crippen LogP contribution in [0.2, 0.25) is 0 Å². The van der Waals surface area contributed by atoms with Gasteiger partial charge in [-0.15, -0.1) is 0 Å². The number of benzene rings is 1. The minimum Gasteiger partial charge on any atom is -0.379 e. The van der Waals surface area contributed by atoms with Crippen LogP contribution in [0.1, 0.15) is 29.5 Å². The van der Waals surface area contributed by atoms with Crippen LogP contribution in [0.4, 0.5) is 11.5 Å². The zero-order chi connectivity index (χ0) is 16.1. The number of aromatic nitrogens is 1. The number of nitrogens with zero attached hydrogens (tertiary/aromatic N) is 4. The highest BCUT2D eigenvalue weighted by Gasteiger charge is 2.14. The normalized spacial score (nSPS) is 13.4. The number of para-hydroxylation sites is 1. The summed E-state index contributed by atoms with van der Waals surface area (Å²) in [4.78, 5) is 6.72. The van der Waals surface area contributed by atoms with Crippen molar-refractivity contribution in [2.75, 3.05) is 23.3 Å². The fraction of sp³-hybridized carbons (Fsp3) is 0.278. The summed E-state index contributed by atoms with van der Waals surface area (Å²) in [6.45, 7) is 2.66. The van der Waals surface area contributed by atoms with Crippen molar-refractivity contribution >= 4 is 11.5 Å². The van der Waals surface area contributed by atoms with Gasteiger partial charge in [-0.1, -0.05) is 6.07 Å². The van der Waals surface area contributed by atoms with E-state index in [0.29, 0.717) is 23.4 Å². The molecule has 1 aliphatic rings. The lowest BCUT2D eigenvalue weighted by molar-refractivity contribution is 0.931. The van der Waals surface area contributed by atoms with Crippen molar-refractivity contribution in [2.45, 2.75) is 19.4 Å². The second kappa shape index (κ2) is 6.81. The lowest BCUT2D eigenvalue weighted by Crippen LogP contribution is -2.19. The molecule has 5 nitrogen and oxygen atoms in total. The third kappa shape index (κ3) is 3.25. The molecule has 0 spiro atoms.